The lowest BCUT2D eigenvalue weighted by Gasteiger charge is -2.59. The summed E-state index contributed by atoms with van der Waals surface area (Å²) >= 11 is 0. The van der Waals surface area contributed by atoms with Gasteiger partial charge in [-0.1, -0.05) is 37.1 Å². The van der Waals surface area contributed by atoms with Gasteiger partial charge in [0, 0.05) is 17.9 Å². The number of hydrogen-bond donors (Lipinski definition) is 8. The summed E-state index contributed by atoms with van der Waals surface area (Å²) < 4.78 is 30.4. The van der Waals surface area contributed by atoms with Gasteiger partial charge in [0.05, 0.1) is 24.9 Å². The van der Waals surface area contributed by atoms with Gasteiger partial charge < -0.3 is 64.5 Å². The van der Waals surface area contributed by atoms with Crippen LogP contribution >= 0.6 is 0 Å². The average molecular weight is 739 g/mol. The number of aliphatic hydroxyl groups excluding tert-OH is 8. The highest BCUT2D eigenvalue weighted by Crippen LogP contribution is 2.69. The van der Waals surface area contributed by atoms with Gasteiger partial charge in [0.25, 0.3) is 0 Å². The van der Waals surface area contributed by atoms with Crippen molar-refractivity contribution in [2.24, 2.45) is 46.3 Å². The Morgan fingerprint density at radius 3 is 2.31 bits per heavy atom. The van der Waals surface area contributed by atoms with E-state index in [1.807, 2.05) is 13.8 Å². The predicted octanol–water partition coefficient (Wildman–Crippen LogP) is 1.12. The Morgan fingerprint density at radius 1 is 0.865 bits per heavy atom. The number of fused-ring (bicyclic) bond motifs is 7. The number of allylic oxidation sites excluding steroid dienone is 2. The molecule has 52 heavy (non-hydrogen) atoms. The molecule has 0 aromatic carbocycles. The fourth-order valence-electron chi connectivity index (χ4n) is 12.0. The molecule has 8 N–H and O–H groups in total. The maximum absolute atomic E-state index is 11.2. The van der Waals surface area contributed by atoms with E-state index in [0.717, 1.165) is 37.7 Å². The van der Waals surface area contributed by atoms with Gasteiger partial charge in [-0.15, -0.1) is 0 Å². The van der Waals surface area contributed by atoms with E-state index in [0.29, 0.717) is 24.7 Å². The van der Waals surface area contributed by atoms with Crippen LogP contribution in [0.3, 0.4) is 0 Å². The van der Waals surface area contributed by atoms with E-state index in [-0.39, 0.29) is 53.3 Å². The van der Waals surface area contributed by atoms with E-state index < -0.39 is 74.3 Å². The number of aliphatic hydroxyl groups is 8. The van der Waals surface area contributed by atoms with Crippen molar-refractivity contribution in [1.29, 1.82) is 0 Å². The number of hydrogen-bond acceptors (Lipinski definition) is 13. The molecule has 3 saturated carbocycles. The van der Waals surface area contributed by atoms with E-state index >= 15 is 0 Å². The van der Waals surface area contributed by atoms with Crippen molar-refractivity contribution in [3.05, 3.63) is 23.3 Å². The van der Waals surface area contributed by atoms with Crippen LogP contribution in [-0.2, 0) is 23.7 Å². The summed E-state index contributed by atoms with van der Waals surface area (Å²) in [6, 6.07) is 0. The average Bonchev–Trinajstić information content (AvgIpc) is 3.45. The van der Waals surface area contributed by atoms with Gasteiger partial charge in [-0.2, -0.15) is 0 Å². The normalized spacial score (nSPS) is 54.6. The van der Waals surface area contributed by atoms with Crippen molar-refractivity contribution >= 4 is 0 Å². The highest BCUT2D eigenvalue weighted by molar-refractivity contribution is 5.26. The summed E-state index contributed by atoms with van der Waals surface area (Å²) in [5, 5.41) is 85.1. The van der Waals surface area contributed by atoms with Crippen molar-refractivity contribution in [3.8, 4) is 0 Å². The molecule has 4 aliphatic carbocycles. The molecule has 0 spiro atoms. The molecular formula is C39H62O13. The van der Waals surface area contributed by atoms with Crippen molar-refractivity contribution in [2.75, 3.05) is 13.2 Å². The summed E-state index contributed by atoms with van der Waals surface area (Å²) in [5.74, 6) is 1.34. The van der Waals surface area contributed by atoms with Crippen LogP contribution in [0.15, 0.2) is 23.3 Å². The van der Waals surface area contributed by atoms with Gasteiger partial charge in [0.1, 0.15) is 42.7 Å². The second-order valence-corrected chi connectivity index (χ2v) is 17.7. The second kappa shape index (κ2) is 14.8. The highest BCUT2D eigenvalue weighted by Gasteiger charge is 2.66. The van der Waals surface area contributed by atoms with Crippen LogP contribution in [0.1, 0.15) is 79.6 Å². The van der Waals surface area contributed by atoms with E-state index in [1.165, 1.54) is 12.5 Å². The van der Waals surface area contributed by atoms with E-state index in [9.17, 15) is 40.9 Å². The molecule has 0 amide bonds. The summed E-state index contributed by atoms with van der Waals surface area (Å²) in [7, 11) is 0. The first-order chi connectivity index (χ1) is 24.6. The first-order valence-electron chi connectivity index (χ1n) is 19.6. The second-order valence-electron chi connectivity index (χ2n) is 17.7. The Labute approximate surface area is 306 Å². The minimum absolute atomic E-state index is 0.0748. The molecule has 6 fully saturated rings. The van der Waals surface area contributed by atoms with Crippen LogP contribution in [0.2, 0.25) is 0 Å². The molecule has 0 radical (unpaired) electrons. The molecule has 7 aliphatic rings. The van der Waals surface area contributed by atoms with Crippen molar-refractivity contribution in [1.82, 2.24) is 0 Å². The molecule has 3 heterocycles. The standard InChI is InChI=1S/C39H62O13/c1-17(2)12-23-18(3)28-26(50-35(23)47)14-25-22-7-6-20-13-21(8-10-38(20,5)24(22)9-11-39(25,28)16-41)49-37-34(32(45)30(43)27(15-40)51-37)52-36-33(46)31(44)29(42)19(4)48-36/h6,12,18-19,21-37,40-47H,7-11,13-16H2,1-5H3/t18-,19+,21+,22-,23-,24+,25+,26+,27-,28+,29+,30-,31-,32+,33-,34-,35-,36+,37-,38+,39-/m1/s1. The summed E-state index contributed by atoms with van der Waals surface area (Å²) in [5.41, 5.74) is 2.14. The van der Waals surface area contributed by atoms with Gasteiger partial charge in [0.15, 0.2) is 18.9 Å². The zero-order chi connectivity index (χ0) is 37.4. The maximum Gasteiger partial charge on any atom is 0.187 e. The lowest BCUT2D eigenvalue weighted by atomic mass is 9.46. The van der Waals surface area contributed by atoms with Crippen molar-refractivity contribution in [3.63, 3.8) is 0 Å². The van der Waals surface area contributed by atoms with Crippen molar-refractivity contribution in [2.45, 2.75) is 159 Å². The summed E-state index contributed by atoms with van der Waals surface area (Å²) in [6.07, 6.45) is -4.58. The monoisotopic (exact) mass is 738 g/mol. The third-order valence-electron chi connectivity index (χ3n) is 14.8. The van der Waals surface area contributed by atoms with Gasteiger partial charge in [-0.3, -0.25) is 0 Å². The van der Waals surface area contributed by atoms with Gasteiger partial charge in [0.2, 0.25) is 0 Å². The molecule has 13 nitrogen and oxygen atoms in total. The minimum Gasteiger partial charge on any atom is -0.396 e. The van der Waals surface area contributed by atoms with Crippen molar-refractivity contribution < 1.29 is 64.5 Å². The van der Waals surface area contributed by atoms with Crippen LogP contribution in [0.4, 0.5) is 0 Å². The van der Waals surface area contributed by atoms with E-state index in [2.05, 4.69) is 26.0 Å². The van der Waals surface area contributed by atoms with Gasteiger partial charge in [-0.05, 0) is 101 Å². The smallest absolute Gasteiger partial charge is 0.187 e. The van der Waals surface area contributed by atoms with Gasteiger partial charge in [-0.25, -0.2) is 0 Å². The zero-order valence-corrected chi connectivity index (χ0v) is 31.1. The van der Waals surface area contributed by atoms with E-state index in [4.69, 9.17) is 23.7 Å². The third-order valence-corrected chi connectivity index (χ3v) is 14.8. The van der Waals surface area contributed by atoms with Crippen LogP contribution in [0.5, 0.6) is 0 Å². The predicted molar refractivity (Wildman–Crippen MR) is 185 cm³/mol. The van der Waals surface area contributed by atoms with E-state index in [1.54, 1.807) is 0 Å². The molecule has 3 saturated heterocycles. The highest BCUT2D eigenvalue weighted by atomic mass is 16.8. The SMILES string of the molecule is CC(C)=C[C@@H]1[C@@H](C)[C@H]2[C@H](C[C@H]3[C@@H]4CC=C5C[C@@H](O[C@@H]6O[C@H](CO)[C@@H](O)[C@H](O)[C@H]6O[C@@H]6O[C@@H](C)[C@H](O)[C@@H](O)[C@H]6O)CC[C@]5(C)[C@H]4CC[C@]23CO)O[C@H]1O. The molecule has 0 bridgehead atoms. The Bertz CT molecular complexity index is 1340. The van der Waals surface area contributed by atoms with Crippen LogP contribution in [0, 0.1) is 46.3 Å². The van der Waals surface area contributed by atoms with Crippen LogP contribution in [-0.4, -0.2) is 134 Å². The fourth-order valence-corrected chi connectivity index (χ4v) is 12.0. The topological polar surface area (TPSA) is 208 Å². The molecule has 7 rings (SSSR count). The molecule has 296 valence electrons. The number of ether oxygens (including phenoxy) is 5. The van der Waals surface area contributed by atoms with Crippen LogP contribution in [0.25, 0.3) is 0 Å². The molecule has 13 heteroatoms. The molecular weight excluding hydrogens is 676 g/mol. The fraction of sp³-hybridized carbons (Fsp3) is 0.897. The lowest BCUT2D eigenvalue weighted by Crippen LogP contribution is -2.64. The Balaban J connectivity index is 1.08. The Morgan fingerprint density at radius 2 is 1.62 bits per heavy atom. The molecule has 0 unspecified atom stereocenters. The Hall–Kier alpha value is -1.04. The zero-order valence-electron chi connectivity index (χ0n) is 31.1. The quantitative estimate of drug-likeness (QED) is 0.173. The Kier molecular flexibility index (Phi) is 11.2. The van der Waals surface area contributed by atoms with Crippen LogP contribution < -0.4 is 0 Å². The largest absolute Gasteiger partial charge is 0.396 e. The van der Waals surface area contributed by atoms with Gasteiger partial charge >= 0.3 is 0 Å². The minimum atomic E-state index is -1.63. The number of rotatable bonds is 7. The summed E-state index contributed by atoms with van der Waals surface area (Å²) in [6.45, 7) is 9.77. The third kappa shape index (κ3) is 6.37. The maximum atomic E-state index is 11.2. The molecule has 3 aliphatic heterocycles. The molecule has 0 aromatic heterocycles. The first kappa shape index (κ1) is 39.2. The lowest BCUT2D eigenvalue weighted by molar-refractivity contribution is -0.369. The first-order valence-corrected chi connectivity index (χ1v) is 19.6. The summed E-state index contributed by atoms with van der Waals surface area (Å²) in [4.78, 5) is 0. The molecule has 0 aromatic rings. The molecule has 21 atom stereocenters.